The zero-order valence-electron chi connectivity index (χ0n) is 21.1. The van der Waals surface area contributed by atoms with Crippen molar-refractivity contribution in [3.63, 3.8) is 0 Å². The van der Waals surface area contributed by atoms with Gasteiger partial charge in [-0.1, -0.05) is 37.4 Å². The first-order chi connectivity index (χ1) is 16.7. The highest BCUT2D eigenvalue weighted by Gasteiger charge is 2.23. The summed E-state index contributed by atoms with van der Waals surface area (Å²) in [6.07, 6.45) is 5.56. The molecular weight excluding hydrogens is 489 g/mol. The third-order valence-corrected chi connectivity index (χ3v) is 6.62. The summed E-state index contributed by atoms with van der Waals surface area (Å²) in [5.74, 6) is 0.474. The molecule has 2 aromatic rings. The van der Waals surface area contributed by atoms with Gasteiger partial charge in [0.25, 0.3) is 5.91 Å². The quantitative estimate of drug-likeness (QED) is 0.380. The average Bonchev–Trinajstić information content (AvgIpc) is 2.80. The number of ether oxygens (including phenoxy) is 2. The lowest BCUT2D eigenvalue weighted by Gasteiger charge is -2.32. The molecule has 0 radical (unpaired) electrons. The summed E-state index contributed by atoms with van der Waals surface area (Å²) < 4.78 is 28.9. The number of hydrogen-bond acceptors (Lipinski definition) is 6. The Hall–Kier alpha value is -2.03. The molecule has 6 nitrogen and oxygen atoms in total. The minimum Gasteiger partial charge on any atom is -0.493 e. The Bertz CT molecular complexity index is 1010. The maximum atomic E-state index is 14.6. The van der Waals surface area contributed by atoms with Crippen molar-refractivity contribution >= 4 is 29.5 Å². The lowest BCUT2D eigenvalue weighted by atomic mass is 9.96. The molecule has 1 saturated heterocycles. The van der Waals surface area contributed by atoms with Crippen molar-refractivity contribution in [1.29, 1.82) is 0 Å². The van der Waals surface area contributed by atoms with E-state index >= 15 is 0 Å². The molecule has 192 valence electrons. The summed E-state index contributed by atoms with van der Waals surface area (Å²) in [4.78, 5) is 18.9. The molecule has 1 aromatic heterocycles. The van der Waals surface area contributed by atoms with E-state index in [0.29, 0.717) is 29.2 Å². The molecule has 3 rings (SSSR count). The molecule has 2 heterocycles. The maximum Gasteiger partial charge on any atom is 0.264 e. The summed E-state index contributed by atoms with van der Waals surface area (Å²) in [5.41, 5.74) is 1.94. The van der Waals surface area contributed by atoms with Gasteiger partial charge in [0, 0.05) is 25.1 Å². The van der Waals surface area contributed by atoms with E-state index in [1.165, 1.54) is 6.07 Å². The predicted octanol–water partition coefficient (Wildman–Crippen LogP) is 6.08. The molecule has 0 atom stereocenters. The van der Waals surface area contributed by atoms with E-state index in [2.05, 4.69) is 14.6 Å². The Morgan fingerprint density at radius 3 is 2.57 bits per heavy atom. The number of carbonyl (C=O) groups excluding carboxylic acids is 1. The van der Waals surface area contributed by atoms with E-state index in [1.807, 2.05) is 40.0 Å². The highest BCUT2D eigenvalue weighted by molar-refractivity contribution is 7.97. The van der Waals surface area contributed by atoms with Crippen LogP contribution in [0.15, 0.2) is 24.4 Å². The van der Waals surface area contributed by atoms with Gasteiger partial charge >= 0.3 is 0 Å². The Labute approximate surface area is 217 Å². The van der Waals surface area contributed by atoms with Crippen LogP contribution in [0.5, 0.6) is 11.6 Å². The van der Waals surface area contributed by atoms with Gasteiger partial charge in [-0.2, -0.15) is 0 Å². The molecular formula is C26H35ClFN3O3S. The molecule has 1 amide bonds. The van der Waals surface area contributed by atoms with Crippen molar-refractivity contribution in [2.75, 3.05) is 26.0 Å². The first-order valence-corrected chi connectivity index (χ1v) is 13.6. The molecule has 1 aromatic carbocycles. The summed E-state index contributed by atoms with van der Waals surface area (Å²) in [5, 5.41) is 0.532. The van der Waals surface area contributed by atoms with Crippen LogP contribution in [0.1, 0.15) is 67.9 Å². The van der Waals surface area contributed by atoms with Gasteiger partial charge in [-0.25, -0.2) is 9.37 Å². The van der Waals surface area contributed by atoms with Crippen molar-refractivity contribution in [3.05, 3.63) is 51.9 Å². The van der Waals surface area contributed by atoms with Crippen LogP contribution < -0.4 is 14.2 Å². The van der Waals surface area contributed by atoms with Crippen LogP contribution in [0.3, 0.4) is 0 Å². The second-order valence-corrected chi connectivity index (χ2v) is 10.5. The van der Waals surface area contributed by atoms with Gasteiger partial charge in [0.15, 0.2) is 0 Å². The number of aromatic nitrogens is 1. The molecule has 35 heavy (non-hydrogen) atoms. The smallest absolute Gasteiger partial charge is 0.264 e. The number of benzene rings is 1. The molecule has 0 aliphatic carbocycles. The van der Waals surface area contributed by atoms with Gasteiger partial charge in [0.1, 0.15) is 16.6 Å². The molecule has 1 N–H and O–H groups in total. The summed E-state index contributed by atoms with van der Waals surface area (Å²) >= 11 is 7.48. The number of amides is 1. The predicted molar refractivity (Wildman–Crippen MR) is 140 cm³/mol. The number of halogens is 2. The molecule has 0 saturated carbocycles. The van der Waals surface area contributed by atoms with Gasteiger partial charge < -0.3 is 9.47 Å². The lowest BCUT2D eigenvalue weighted by molar-refractivity contribution is 0.0980. The second kappa shape index (κ2) is 12.8. The van der Waals surface area contributed by atoms with Gasteiger partial charge in [-0.15, -0.1) is 0 Å². The fourth-order valence-corrected chi connectivity index (χ4v) is 4.64. The largest absolute Gasteiger partial charge is 0.493 e. The van der Waals surface area contributed by atoms with E-state index < -0.39 is 11.7 Å². The average molecular weight is 524 g/mol. The molecule has 1 aliphatic rings. The molecule has 0 spiro atoms. The molecule has 0 unspecified atom stereocenters. The van der Waals surface area contributed by atoms with Crippen LogP contribution in [0.25, 0.3) is 0 Å². The number of carbonyl (C=O) groups is 1. The SMILES string of the molecule is CSNC(=O)c1cc(C(C)C)c(OCC2CCN(Cc3cnc(OC(C)C)c(Cl)c3)CC2)cc1F. The number of piperidine rings is 1. The van der Waals surface area contributed by atoms with Crippen LogP contribution in [0.4, 0.5) is 4.39 Å². The topological polar surface area (TPSA) is 63.7 Å². The molecule has 0 bridgehead atoms. The van der Waals surface area contributed by atoms with Gasteiger partial charge in [0.05, 0.1) is 18.3 Å². The van der Waals surface area contributed by atoms with E-state index in [4.69, 9.17) is 21.1 Å². The highest BCUT2D eigenvalue weighted by Crippen LogP contribution is 2.31. The summed E-state index contributed by atoms with van der Waals surface area (Å²) in [6, 6.07) is 4.88. The first kappa shape index (κ1) is 27.6. The van der Waals surface area contributed by atoms with Gasteiger partial charge in [0.2, 0.25) is 5.88 Å². The zero-order chi connectivity index (χ0) is 25.5. The van der Waals surface area contributed by atoms with Crippen molar-refractivity contribution in [1.82, 2.24) is 14.6 Å². The third kappa shape index (κ3) is 7.72. The van der Waals surface area contributed by atoms with E-state index in [9.17, 15) is 9.18 Å². The summed E-state index contributed by atoms with van der Waals surface area (Å²) in [7, 11) is 0. The minimum atomic E-state index is -0.567. The molecule has 1 aliphatic heterocycles. The van der Waals surface area contributed by atoms with Crippen LogP contribution >= 0.6 is 23.5 Å². The van der Waals surface area contributed by atoms with Crippen LogP contribution in [-0.4, -0.2) is 47.8 Å². The third-order valence-electron chi connectivity index (χ3n) is 5.96. The summed E-state index contributed by atoms with van der Waals surface area (Å²) in [6.45, 7) is 11.1. The Morgan fingerprint density at radius 2 is 1.97 bits per heavy atom. The maximum absolute atomic E-state index is 14.6. The number of rotatable bonds is 10. The standard InChI is InChI=1S/C26H35ClFN3O3S/c1-16(2)20-11-21(25(32)30-35-5)23(28)12-24(20)33-15-18-6-8-31(9-7-18)14-19-10-22(27)26(29-13-19)34-17(3)4/h10-13,16-18H,6-9,14-15H2,1-5H3,(H,30,32). The Morgan fingerprint density at radius 1 is 1.26 bits per heavy atom. The fourth-order valence-electron chi connectivity index (χ4n) is 4.11. The van der Waals surface area contributed by atoms with E-state index in [1.54, 1.807) is 12.3 Å². The van der Waals surface area contributed by atoms with Crippen molar-refractivity contribution in [2.24, 2.45) is 5.92 Å². The van der Waals surface area contributed by atoms with Crippen LogP contribution in [0, 0.1) is 11.7 Å². The van der Waals surface area contributed by atoms with Crippen LogP contribution in [0.2, 0.25) is 5.02 Å². The Kier molecular flexibility index (Phi) is 10.1. The monoisotopic (exact) mass is 523 g/mol. The normalized spacial score (nSPS) is 15.0. The Balaban J connectivity index is 1.55. The highest BCUT2D eigenvalue weighted by atomic mass is 35.5. The molecule has 1 fully saturated rings. The van der Waals surface area contributed by atoms with E-state index in [0.717, 1.165) is 55.6 Å². The van der Waals surface area contributed by atoms with E-state index in [-0.39, 0.29) is 17.6 Å². The lowest BCUT2D eigenvalue weighted by Crippen LogP contribution is -2.35. The second-order valence-electron chi connectivity index (χ2n) is 9.49. The zero-order valence-corrected chi connectivity index (χ0v) is 22.6. The molecule has 9 heteroatoms. The number of hydrogen-bond donors (Lipinski definition) is 1. The van der Waals surface area contributed by atoms with Crippen molar-refractivity contribution < 1.29 is 18.7 Å². The van der Waals surface area contributed by atoms with Gasteiger partial charge in [-0.05, 0) is 74.9 Å². The fraction of sp³-hybridized carbons (Fsp3) is 0.538. The first-order valence-electron chi connectivity index (χ1n) is 12.0. The van der Waals surface area contributed by atoms with Gasteiger partial charge in [-0.3, -0.25) is 14.4 Å². The number of nitrogens with one attached hydrogen (secondary N) is 1. The van der Waals surface area contributed by atoms with Crippen molar-refractivity contribution in [2.45, 2.75) is 59.1 Å². The number of nitrogens with zero attached hydrogens (tertiary/aromatic N) is 2. The van der Waals surface area contributed by atoms with Crippen molar-refractivity contribution in [3.8, 4) is 11.6 Å². The minimum absolute atomic E-state index is 0.0257. The number of likely N-dealkylation sites (tertiary alicyclic amines) is 1. The number of pyridine rings is 1. The van der Waals surface area contributed by atoms with Crippen LogP contribution in [-0.2, 0) is 6.54 Å².